The maximum atomic E-state index is 14.0. The number of aromatic nitrogens is 3. The minimum absolute atomic E-state index is 0.0245. The van der Waals surface area contributed by atoms with Crippen LogP contribution in [-0.2, 0) is 18.3 Å². The molecule has 0 unspecified atom stereocenters. The highest BCUT2D eigenvalue weighted by Gasteiger charge is 2.19. The predicted molar refractivity (Wildman–Crippen MR) is 94.4 cm³/mol. The van der Waals surface area contributed by atoms with Gasteiger partial charge in [-0.05, 0) is 12.1 Å². The van der Waals surface area contributed by atoms with Gasteiger partial charge in [0.05, 0.1) is 18.3 Å². The van der Waals surface area contributed by atoms with Gasteiger partial charge >= 0.3 is 0 Å². The number of hydrogen-bond acceptors (Lipinski definition) is 4. The Balaban J connectivity index is 1.96. The van der Waals surface area contributed by atoms with E-state index in [0.717, 1.165) is 5.56 Å². The molecule has 8 heteroatoms. The first-order chi connectivity index (χ1) is 12.5. The summed E-state index contributed by atoms with van der Waals surface area (Å²) in [5.74, 6) is -0.988. The number of rotatable bonds is 6. The van der Waals surface area contributed by atoms with E-state index >= 15 is 0 Å². The summed E-state index contributed by atoms with van der Waals surface area (Å²) in [4.78, 5) is 29.5. The number of halogens is 1. The second kappa shape index (κ2) is 7.49. The van der Waals surface area contributed by atoms with E-state index in [2.05, 4.69) is 10.1 Å². The molecule has 0 spiro atoms. The third kappa shape index (κ3) is 3.65. The van der Waals surface area contributed by atoms with Crippen molar-refractivity contribution in [3.63, 3.8) is 0 Å². The highest BCUT2D eigenvalue weighted by atomic mass is 19.1. The van der Waals surface area contributed by atoms with Crippen molar-refractivity contribution in [2.45, 2.75) is 6.54 Å². The van der Waals surface area contributed by atoms with Crippen LogP contribution < -0.4 is 5.43 Å². The van der Waals surface area contributed by atoms with E-state index in [1.807, 2.05) is 0 Å². The Morgan fingerprint density at radius 3 is 2.92 bits per heavy atom. The monoisotopic (exact) mass is 358 g/mol. The molecule has 1 aromatic carbocycles. The number of nitrogens with zero attached hydrogens (tertiary/aromatic N) is 3. The number of H-pyrrole nitrogens is 1. The van der Waals surface area contributed by atoms with Crippen LogP contribution in [0.3, 0.4) is 0 Å². The van der Waals surface area contributed by atoms with Crippen LogP contribution in [-0.4, -0.2) is 45.8 Å². The molecule has 7 nitrogen and oxygen atoms in total. The topological polar surface area (TPSA) is 80.2 Å². The Hall–Kier alpha value is -3.00. The molecule has 0 aliphatic heterocycles. The molecule has 3 rings (SSSR count). The number of nitrogens with one attached hydrogen (secondary N) is 1. The predicted octanol–water partition coefficient (Wildman–Crippen LogP) is 1.69. The van der Waals surface area contributed by atoms with Gasteiger partial charge < -0.3 is 14.6 Å². The number of ether oxygens (including phenoxy) is 1. The first-order valence-corrected chi connectivity index (χ1v) is 8.07. The van der Waals surface area contributed by atoms with Gasteiger partial charge in [-0.1, -0.05) is 6.07 Å². The summed E-state index contributed by atoms with van der Waals surface area (Å²) in [6, 6.07) is 5.42. The number of methoxy groups -OCH3 is 1. The van der Waals surface area contributed by atoms with Gasteiger partial charge in [0.25, 0.3) is 5.91 Å². The Labute approximate surface area is 149 Å². The van der Waals surface area contributed by atoms with Gasteiger partial charge in [-0.2, -0.15) is 5.10 Å². The van der Waals surface area contributed by atoms with E-state index in [0.29, 0.717) is 19.7 Å². The van der Waals surface area contributed by atoms with Gasteiger partial charge in [0.15, 0.2) is 5.43 Å². The van der Waals surface area contributed by atoms with Gasteiger partial charge in [-0.15, -0.1) is 0 Å². The SMILES string of the molecule is COCCN(Cc1cnn(C)c1)C(=O)c1cc(=O)c2cccc(F)c2[nH]1. The highest BCUT2D eigenvalue weighted by Crippen LogP contribution is 2.14. The molecule has 2 heterocycles. The van der Waals surface area contributed by atoms with Crippen molar-refractivity contribution in [1.29, 1.82) is 0 Å². The summed E-state index contributed by atoms with van der Waals surface area (Å²) >= 11 is 0. The molecular formula is C18H19FN4O3. The number of aryl methyl sites for hydroxylation is 1. The second-order valence-corrected chi connectivity index (χ2v) is 5.95. The Bertz CT molecular complexity index is 996. The van der Waals surface area contributed by atoms with Gasteiger partial charge in [-0.25, -0.2) is 4.39 Å². The molecule has 0 bridgehead atoms. The smallest absolute Gasteiger partial charge is 0.270 e. The Kier molecular flexibility index (Phi) is 5.13. The van der Waals surface area contributed by atoms with Crippen molar-refractivity contribution in [3.05, 3.63) is 64.0 Å². The molecule has 0 fully saturated rings. The van der Waals surface area contributed by atoms with Crippen LogP contribution >= 0.6 is 0 Å². The fraction of sp³-hybridized carbons (Fsp3) is 0.278. The van der Waals surface area contributed by atoms with Crippen LogP contribution in [0.4, 0.5) is 4.39 Å². The number of fused-ring (bicyclic) bond motifs is 1. The van der Waals surface area contributed by atoms with Crippen LogP contribution in [0.15, 0.2) is 41.5 Å². The average molecular weight is 358 g/mol. The van der Waals surface area contributed by atoms with Crippen LogP contribution in [0, 0.1) is 5.82 Å². The molecule has 1 N–H and O–H groups in total. The number of hydrogen-bond donors (Lipinski definition) is 1. The minimum atomic E-state index is -0.579. The van der Waals surface area contributed by atoms with Gasteiger partial charge in [0.2, 0.25) is 0 Å². The van der Waals surface area contributed by atoms with Crippen molar-refractivity contribution in [3.8, 4) is 0 Å². The summed E-state index contributed by atoms with van der Waals surface area (Å²) in [6.45, 7) is 0.952. The zero-order chi connectivity index (χ0) is 18.7. The fourth-order valence-corrected chi connectivity index (χ4v) is 2.75. The number of carbonyl (C=O) groups excluding carboxylic acids is 1. The number of pyridine rings is 1. The summed E-state index contributed by atoms with van der Waals surface area (Å²) in [5, 5.41) is 4.29. The summed E-state index contributed by atoms with van der Waals surface area (Å²) in [5.41, 5.74) is 0.491. The van der Waals surface area contributed by atoms with E-state index < -0.39 is 17.2 Å². The maximum Gasteiger partial charge on any atom is 0.270 e. The van der Waals surface area contributed by atoms with Crippen molar-refractivity contribution < 1.29 is 13.9 Å². The van der Waals surface area contributed by atoms with Crippen molar-refractivity contribution >= 4 is 16.8 Å². The molecule has 26 heavy (non-hydrogen) atoms. The van der Waals surface area contributed by atoms with Gasteiger partial charge in [0, 0.05) is 50.5 Å². The van der Waals surface area contributed by atoms with E-state index in [9.17, 15) is 14.0 Å². The maximum absolute atomic E-state index is 14.0. The van der Waals surface area contributed by atoms with E-state index in [-0.39, 0.29) is 16.6 Å². The molecule has 0 aliphatic carbocycles. The van der Waals surface area contributed by atoms with Crippen molar-refractivity contribution in [2.24, 2.45) is 7.05 Å². The molecular weight excluding hydrogens is 339 g/mol. The van der Waals surface area contributed by atoms with Gasteiger partial charge in [-0.3, -0.25) is 14.3 Å². The molecule has 0 atom stereocenters. The molecule has 0 saturated heterocycles. The minimum Gasteiger partial charge on any atom is -0.383 e. The zero-order valence-electron chi connectivity index (χ0n) is 14.5. The lowest BCUT2D eigenvalue weighted by molar-refractivity contribution is 0.0675. The molecule has 136 valence electrons. The first kappa shape index (κ1) is 17.8. The molecule has 0 saturated carbocycles. The standard InChI is InChI=1S/C18H19FN4O3/c1-22-10-12(9-20-22)11-23(6-7-26-2)18(25)15-8-16(24)13-4-3-5-14(19)17(13)21-15/h3-5,8-10H,6-7,11H2,1-2H3,(H,21,24). The van der Waals surface area contributed by atoms with Crippen molar-refractivity contribution in [2.75, 3.05) is 20.3 Å². The lowest BCUT2D eigenvalue weighted by Crippen LogP contribution is -2.34. The van der Waals surface area contributed by atoms with E-state index in [4.69, 9.17) is 4.74 Å². The lowest BCUT2D eigenvalue weighted by Gasteiger charge is -2.22. The summed E-state index contributed by atoms with van der Waals surface area (Å²) in [7, 11) is 3.33. The highest BCUT2D eigenvalue weighted by molar-refractivity contribution is 5.95. The summed E-state index contributed by atoms with van der Waals surface area (Å²) < 4.78 is 20.7. The number of carbonyl (C=O) groups is 1. The summed E-state index contributed by atoms with van der Waals surface area (Å²) in [6.07, 6.45) is 3.46. The number of para-hydroxylation sites is 1. The van der Waals surface area contributed by atoms with Crippen LogP contribution in [0.2, 0.25) is 0 Å². The fourth-order valence-electron chi connectivity index (χ4n) is 2.75. The van der Waals surface area contributed by atoms with E-state index in [1.165, 1.54) is 29.2 Å². The molecule has 3 aromatic rings. The van der Waals surface area contributed by atoms with Gasteiger partial charge in [0.1, 0.15) is 11.5 Å². The first-order valence-electron chi connectivity index (χ1n) is 8.07. The van der Waals surface area contributed by atoms with Crippen LogP contribution in [0.25, 0.3) is 10.9 Å². The average Bonchev–Trinajstić information content (AvgIpc) is 3.03. The zero-order valence-corrected chi connectivity index (χ0v) is 14.5. The lowest BCUT2D eigenvalue weighted by atomic mass is 10.1. The molecule has 0 radical (unpaired) electrons. The second-order valence-electron chi connectivity index (χ2n) is 5.95. The normalized spacial score (nSPS) is 11.0. The Morgan fingerprint density at radius 1 is 1.42 bits per heavy atom. The molecule has 1 amide bonds. The van der Waals surface area contributed by atoms with E-state index in [1.54, 1.807) is 31.2 Å². The van der Waals surface area contributed by atoms with Crippen LogP contribution in [0.5, 0.6) is 0 Å². The largest absolute Gasteiger partial charge is 0.383 e. The van der Waals surface area contributed by atoms with Crippen molar-refractivity contribution in [1.82, 2.24) is 19.7 Å². The third-order valence-electron chi connectivity index (χ3n) is 4.03. The molecule has 0 aliphatic rings. The quantitative estimate of drug-likeness (QED) is 0.727. The third-order valence-corrected chi connectivity index (χ3v) is 4.03. The number of aromatic amines is 1. The Morgan fingerprint density at radius 2 is 2.23 bits per heavy atom. The number of benzene rings is 1. The molecule has 2 aromatic heterocycles. The number of amides is 1. The van der Waals surface area contributed by atoms with Crippen LogP contribution in [0.1, 0.15) is 16.1 Å².